The van der Waals surface area contributed by atoms with E-state index in [-0.39, 0.29) is 4.91 Å². The van der Waals surface area contributed by atoms with Crippen molar-refractivity contribution in [1.82, 2.24) is 4.90 Å². The summed E-state index contributed by atoms with van der Waals surface area (Å²) in [6, 6.07) is 18.0. The van der Waals surface area contributed by atoms with Crippen LogP contribution < -0.4 is 14.8 Å². The number of rotatable bonds is 7. The van der Waals surface area contributed by atoms with Crippen LogP contribution in [0, 0.1) is 6.92 Å². The van der Waals surface area contributed by atoms with Gasteiger partial charge in [-0.2, -0.15) is 0 Å². The Kier molecular flexibility index (Phi) is 7.95. The van der Waals surface area contributed by atoms with Crippen LogP contribution in [-0.4, -0.2) is 41.6 Å². The summed E-state index contributed by atoms with van der Waals surface area (Å²) in [4.78, 5) is 50.9. The van der Waals surface area contributed by atoms with Gasteiger partial charge in [-0.1, -0.05) is 29.8 Å². The highest BCUT2D eigenvalue weighted by Crippen LogP contribution is 2.32. The first-order valence-corrected chi connectivity index (χ1v) is 12.2. The number of carbonyl (C=O) groups is 4. The number of carbonyl (C=O) groups excluding carboxylic acids is 4. The third-order valence-corrected chi connectivity index (χ3v) is 6.66. The highest BCUT2D eigenvalue weighted by Gasteiger charge is 2.36. The van der Waals surface area contributed by atoms with Crippen molar-refractivity contribution in [2.24, 2.45) is 0 Å². The smallest absolute Gasteiger partial charge is 0.343 e. The van der Waals surface area contributed by atoms with E-state index in [2.05, 4.69) is 5.32 Å². The van der Waals surface area contributed by atoms with Gasteiger partial charge in [-0.05, 0) is 84.4 Å². The van der Waals surface area contributed by atoms with Crippen molar-refractivity contribution in [2.45, 2.75) is 6.92 Å². The number of imide groups is 1. The number of amides is 3. The van der Waals surface area contributed by atoms with Gasteiger partial charge in [0.25, 0.3) is 11.1 Å². The first kappa shape index (κ1) is 26.0. The molecule has 3 aromatic rings. The Balaban J connectivity index is 1.37. The molecule has 0 aromatic heterocycles. The lowest BCUT2D eigenvalue weighted by Gasteiger charge is -2.13. The number of benzene rings is 3. The second kappa shape index (κ2) is 11.3. The second-order valence-corrected chi connectivity index (χ2v) is 9.37. The lowest BCUT2D eigenvalue weighted by molar-refractivity contribution is -0.127. The van der Waals surface area contributed by atoms with Gasteiger partial charge in [0.1, 0.15) is 18.0 Å². The average Bonchev–Trinajstić information content (AvgIpc) is 3.14. The third-order valence-electron chi connectivity index (χ3n) is 5.35. The molecule has 0 saturated carbocycles. The summed E-state index contributed by atoms with van der Waals surface area (Å²) in [5.74, 6) is -0.669. The molecular formula is C27H21ClN2O6S. The lowest BCUT2D eigenvalue weighted by Crippen LogP contribution is -2.36. The zero-order chi connectivity index (χ0) is 26.5. The molecule has 1 heterocycles. The van der Waals surface area contributed by atoms with Crippen molar-refractivity contribution in [3.63, 3.8) is 0 Å². The zero-order valence-corrected chi connectivity index (χ0v) is 21.4. The maximum absolute atomic E-state index is 12.8. The van der Waals surface area contributed by atoms with E-state index in [0.717, 1.165) is 22.2 Å². The van der Waals surface area contributed by atoms with Gasteiger partial charge in [0.2, 0.25) is 5.91 Å². The molecule has 3 amide bonds. The molecule has 1 saturated heterocycles. The number of thioether (sulfide) groups is 1. The van der Waals surface area contributed by atoms with Gasteiger partial charge in [0.05, 0.1) is 17.6 Å². The Labute approximate surface area is 222 Å². The number of aryl methyl sites for hydroxylation is 1. The minimum Gasteiger partial charge on any atom is -0.497 e. The van der Waals surface area contributed by atoms with Gasteiger partial charge >= 0.3 is 5.97 Å². The molecule has 0 atom stereocenters. The van der Waals surface area contributed by atoms with Crippen LogP contribution in [-0.2, 0) is 9.59 Å². The molecule has 8 nitrogen and oxygen atoms in total. The molecule has 37 heavy (non-hydrogen) atoms. The van der Waals surface area contributed by atoms with Crippen molar-refractivity contribution in [3.05, 3.63) is 93.3 Å². The van der Waals surface area contributed by atoms with E-state index in [4.69, 9.17) is 21.1 Å². The number of hydrogen-bond donors (Lipinski definition) is 1. The standard InChI is InChI=1S/C27H21ClN2O6S/c1-16-3-8-19(14-22(16)28)29-24(31)15-30-25(32)23(37-27(30)34)13-17-4-9-21(10-5-17)36-26(33)18-6-11-20(35-2)12-7-18/h3-14H,15H2,1-2H3,(H,29,31)/b23-13+. The van der Waals surface area contributed by atoms with Crippen LogP contribution in [0.3, 0.4) is 0 Å². The number of methoxy groups -OCH3 is 1. The van der Waals surface area contributed by atoms with Crippen molar-refractivity contribution < 1.29 is 28.7 Å². The molecule has 4 rings (SSSR count). The van der Waals surface area contributed by atoms with Gasteiger partial charge < -0.3 is 14.8 Å². The van der Waals surface area contributed by atoms with Crippen molar-refractivity contribution in [1.29, 1.82) is 0 Å². The van der Waals surface area contributed by atoms with E-state index in [1.807, 2.05) is 6.92 Å². The summed E-state index contributed by atoms with van der Waals surface area (Å²) in [5.41, 5.74) is 2.32. The maximum atomic E-state index is 12.8. The number of esters is 1. The quantitative estimate of drug-likeness (QED) is 0.240. The predicted octanol–water partition coefficient (Wildman–Crippen LogP) is 5.55. The topological polar surface area (TPSA) is 102 Å². The third kappa shape index (κ3) is 6.38. The van der Waals surface area contributed by atoms with Gasteiger partial charge in [-0.25, -0.2) is 4.79 Å². The Morgan fingerprint density at radius 1 is 1.00 bits per heavy atom. The summed E-state index contributed by atoms with van der Waals surface area (Å²) in [7, 11) is 1.54. The number of nitrogens with one attached hydrogen (secondary N) is 1. The molecule has 0 spiro atoms. The fourth-order valence-electron chi connectivity index (χ4n) is 3.33. The Hall–Kier alpha value is -4.08. The minimum atomic E-state index is -0.568. The van der Waals surface area contributed by atoms with Gasteiger partial charge in [0, 0.05) is 10.7 Å². The molecule has 1 fully saturated rings. The summed E-state index contributed by atoms with van der Waals surface area (Å²) in [5, 5.41) is 2.59. The summed E-state index contributed by atoms with van der Waals surface area (Å²) < 4.78 is 10.4. The fourth-order valence-corrected chi connectivity index (χ4v) is 4.35. The van der Waals surface area contributed by atoms with Crippen LogP contribution in [0.25, 0.3) is 6.08 Å². The molecule has 1 N–H and O–H groups in total. The monoisotopic (exact) mass is 536 g/mol. The normalized spacial score (nSPS) is 14.1. The van der Waals surface area contributed by atoms with Gasteiger partial charge in [-0.3, -0.25) is 19.3 Å². The number of halogens is 1. The molecule has 0 bridgehead atoms. The van der Waals surface area contributed by atoms with Gasteiger partial charge in [-0.15, -0.1) is 0 Å². The summed E-state index contributed by atoms with van der Waals surface area (Å²) >= 11 is 6.82. The van der Waals surface area contributed by atoms with E-state index in [1.165, 1.54) is 13.2 Å². The molecule has 0 radical (unpaired) electrons. The van der Waals surface area contributed by atoms with E-state index < -0.39 is 29.6 Å². The molecule has 0 aliphatic carbocycles. The average molecular weight is 537 g/mol. The molecule has 1 aliphatic rings. The molecule has 3 aromatic carbocycles. The van der Waals surface area contributed by atoms with Crippen LogP contribution in [0.15, 0.2) is 71.6 Å². The number of nitrogens with zero attached hydrogens (tertiary/aromatic N) is 1. The van der Waals surface area contributed by atoms with E-state index in [0.29, 0.717) is 33.3 Å². The Bertz CT molecular complexity index is 1400. The molecule has 188 valence electrons. The van der Waals surface area contributed by atoms with Crippen molar-refractivity contribution in [3.8, 4) is 11.5 Å². The first-order chi connectivity index (χ1) is 17.7. The van der Waals surface area contributed by atoms with Crippen LogP contribution in [0.2, 0.25) is 5.02 Å². The van der Waals surface area contributed by atoms with Crippen LogP contribution >= 0.6 is 23.4 Å². The van der Waals surface area contributed by atoms with E-state index in [1.54, 1.807) is 66.7 Å². The van der Waals surface area contributed by atoms with Crippen LogP contribution in [0.5, 0.6) is 11.5 Å². The lowest BCUT2D eigenvalue weighted by atomic mass is 10.2. The van der Waals surface area contributed by atoms with Crippen molar-refractivity contribution in [2.75, 3.05) is 19.0 Å². The Morgan fingerprint density at radius 3 is 2.32 bits per heavy atom. The minimum absolute atomic E-state index is 0.180. The molecule has 0 unspecified atom stereocenters. The van der Waals surface area contributed by atoms with E-state index in [9.17, 15) is 19.2 Å². The van der Waals surface area contributed by atoms with Crippen LogP contribution in [0.1, 0.15) is 21.5 Å². The van der Waals surface area contributed by atoms with Crippen LogP contribution in [0.4, 0.5) is 10.5 Å². The first-order valence-electron chi connectivity index (χ1n) is 11.0. The highest BCUT2D eigenvalue weighted by molar-refractivity contribution is 8.18. The largest absolute Gasteiger partial charge is 0.497 e. The number of anilines is 1. The van der Waals surface area contributed by atoms with E-state index >= 15 is 0 Å². The second-order valence-electron chi connectivity index (χ2n) is 7.97. The molecular weight excluding hydrogens is 516 g/mol. The fraction of sp³-hybridized carbons (Fsp3) is 0.111. The Morgan fingerprint density at radius 2 is 1.68 bits per heavy atom. The highest BCUT2D eigenvalue weighted by atomic mass is 35.5. The number of hydrogen-bond acceptors (Lipinski definition) is 7. The summed E-state index contributed by atoms with van der Waals surface area (Å²) in [6.07, 6.45) is 1.54. The predicted molar refractivity (Wildman–Crippen MR) is 142 cm³/mol. The zero-order valence-electron chi connectivity index (χ0n) is 19.8. The SMILES string of the molecule is COc1ccc(C(=O)Oc2ccc(/C=C3/SC(=O)N(CC(=O)Nc4ccc(C)c(Cl)c4)C3=O)cc2)cc1. The van der Waals surface area contributed by atoms with Gasteiger partial charge in [0.15, 0.2) is 0 Å². The maximum Gasteiger partial charge on any atom is 0.343 e. The van der Waals surface area contributed by atoms with Crippen molar-refractivity contribution >= 4 is 58.1 Å². The number of ether oxygens (including phenoxy) is 2. The summed E-state index contributed by atoms with van der Waals surface area (Å²) in [6.45, 7) is 1.41. The molecule has 10 heteroatoms. The molecule has 1 aliphatic heterocycles.